The Morgan fingerprint density at radius 2 is 2.00 bits per heavy atom. The van der Waals surface area contributed by atoms with Crippen molar-refractivity contribution in [2.24, 2.45) is 0 Å². The van der Waals surface area contributed by atoms with Crippen LogP contribution < -0.4 is 10.5 Å². The van der Waals surface area contributed by atoms with Gasteiger partial charge >= 0.3 is 0 Å². The molecule has 1 atom stereocenters. The van der Waals surface area contributed by atoms with Gasteiger partial charge in [-0.3, -0.25) is 4.98 Å². The molecule has 0 spiro atoms. The fourth-order valence-corrected chi connectivity index (χ4v) is 5.49. The van der Waals surface area contributed by atoms with Crippen molar-refractivity contribution in [3.63, 3.8) is 0 Å². The molecule has 0 aliphatic carbocycles. The number of pyridine rings is 1. The fourth-order valence-electron chi connectivity index (χ4n) is 4.23. The van der Waals surface area contributed by atoms with Crippen LogP contribution in [0.4, 0.5) is 5.69 Å². The lowest BCUT2D eigenvalue weighted by atomic mass is 9.87. The van der Waals surface area contributed by atoms with Crippen molar-refractivity contribution >= 4 is 15.7 Å². The van der Waals surface area contributed by atoms with Crippen LogP contribution in [0, 0.1) is 6.92 Å². The van der Waals surface area contributed by atoms with E-state index in [1.807, 2.05) is 55.5 Å². The van der Waals surface area contributed by atoms with Gasteiger partial charge in [-0.2, -0.15) is 4.31 Å². The molecule has 7 heteroatoms. The third-order valence-electron chi connectivity index (χ3n) is 5.96. The van der Waals surface area contributed by atoms with Crippen LogP contribution in [0.25, 0.3) is 11.3 Å². The van der Waals surface area contributed by atoms with E-state index in [1.165, 1.54) is 0 Å². The van der Waals surface area contributed by atoms with Crippen LogP contribution in [0.5, 0.6) is 5.75 Å². The van der Waals surface area contributed by atoms with Gasteiger partial charge in [0.15, 0.2) is 0 Å². The largest absolute Gasteiger partial charge is 0.495 e. The lowest BCUT2D eigenvalue weighted by Crippen LogP contribution is -2.41. The molecule has 162 valence electrons. The maximum atomic E-state index is 13.0. The molecular formula is C24H27N3O3S. The Bertz CT molecular complexity index is 1210. The number of nitrogen functional groups attached to an aromatic ring is 1. The summed E-state index contributed by atoms with van der Waals surface area (Å²) in [4.78, 5) is 4.53. The molecule has 0 fully saturated rings. The minimum atomic E-state index is -3.41. The lowest BCUT2D eigenvalue weighted by Gasteiger charge is -2.37. The molecule has 1 unspecified atom stereocenters. The predicted molar refractivity (Wildman–Crippen MR) is 124 cm³/mol. The van der Waals surface area contributed by atoms with Gasteiger partial charge in [0.05, 0.1) is 30.8 Å². The third kappa shape index (κ3) is 3.91. The molecule has 0 bridgehead atoms. The Kier molecular flexibility index (Phi) is 5.73. The van der Waals surface area contributed by atoms with Crippen LogP contribution in [0.15, 0.2) is 54.7 Å². The van der Waals surface area contributed by atoms with Crippen molar-refractivity contribution in [1.82, 2.24) is 9.29 Å². The van der Waals surface area contributed by atoms with Crippen LogP contribution in [0.1, 0.15) is 35.2 Å². The van der Waals surface area contributed by atoms with Gasteiger partial charge in [-0.05, 0) is 66.8 Å². The van der Waals surface area contributed by atoms with E-state index in [-0.39, 0.29) is 5.75 Å². The number of sulfonamides is 1. The van der Waals surface area contributed by atoms with Crippen LogP contribution in [0.3, 0.4) is 0 Å². The first-order valence-electron chi connectivity index (χ1n) is 10.3. The van der Waals surface area contributed by atoms with Crippen LogP contribution >= 0.6 is 0 Å². The number of hydrogen-bond donors (Lipinski definition) is 1. The number of hydrogen-bond acceptors (Lipinski definition) is 5. The Hall–Kier alpha value is -2.90. The number of anilines is 1. The van der Waals surface area contributed by atoms with Gasteiger partial charge in [-0.25, -0.2) is 8.42 Å². The summed E-state index contributed by atoms with van der Waals surface area (Å²) in [6, 6.07) is 15.2. The van der Waals surface area contributed by atoms with Gasteiger partial charge in [0, 0.05) is 17.8 Å². The normalized spacial score (nSPS) is 16.7. The van der Waals surface area contributed by atoms with Crippen molar-refractivity contribution in [1.29, 1.82) is 0 Å². The number of ether oxygens (including phenoxy) is 1. The molecule has 4 rings (SSSR count). The fraction of sp³-hybridized carbons (Fsp3) is 0.292. The highest BCUT2D eigenvalue weighted by molar-refractivity contribution is 7.89. The molecule has 0 radical (unpaired) electrons. The summed E-state index contributed by atoms with van der Waals surface area (Å²) in [7, 11) is -1.80. The number of rotatable bonds is 5. The molecule has 2 aromatic carbocycles. The van der Waals surface area contributed by atoms with E-state index in [2.05, 4.69) is 4.98 Å². The Morgan fingerprint density at radius 3 is 2.68 bits per heavy atom. The Balaban J connectivity index is 1.88. The number of fused-ring (bicyclic) bond motifs is 1. The molecule has 0 saturated heterocycles. The minimum Gasteiger partial charge on any atom is -0.495 e. The number of nitrogens with zero attached hydrogens (tertiary/aromatic N) is 2. The Morgan fingerprint density at radius 1 is 1.19 bits per heavy atom. The molecule has 6 nitrogen and oxygen atoms in total. The topological polar surface area (TPSA) is 85.5 Å². The van der Waals surface area contributed by atoms with Crippen LogP contribution in [-0.2, 0) is 16.4 Å². The molecule has 0 amide bonds. The number of aryl methyl sites for hydroxylation is 1. The first kappa shape index (κ1) is 21.3. The van der Waals surface area contributed by atoms with Gasteiger partial charge < -0.3 is 10.5 Å². The molecule has 1 aliphatic rings. The quantitative estimate of drug-likeness (QED) is 0.611. The van der Waals surface area contributed by atoms with E-state index < -0.39 is 16.1 Å². The van der Waals surface area contributed by atoms with E-state index in [1.54, 1.807) is 24.5 Å². The summed E-state index contributed by atoms with van der Waals surface area (Å²) in [5.74, 6) is 0.745. The molecule has 3 aromatic rings. The smallest absolute Gasteiger partial charge is 0.214 e. The molecular weight excluding hydrogens is 410 g/mol. The van der Waals surface area contributed by atoms with Crippen molar-refractivity contribution in [2.45, 2.75) is 26.3 Å². The van der Waals surface area contributed by atoms with Crippen LogP contribution in [-0.4, -0.2) is 37.1 Å². The van der Waals surface area contributed by atoms with Crippen LogP contribution in [0.2, 0.25) is 0 Å². The van der Waals surface area contributed by atoms with Gasteiger partial charge in [0.2, 0.25) is 10.0 Å². The minimum absolute atomic E-state index is 0.0555. The summed E-state index contributed by atoms with van der Waals surface area (Å²) in [6.07, 6.45) is 2.29. The standard InChI is InChI=1S/C24H27N3O3S/c1-4-31(28,29)27-13-12-19-20(6-5-7-22(19)25)24(27)17-9-8-16(2)21(14-17)23-11-10-18(30-3)15-26-23/h5-11,14-15,24H,4,12-13,25H2,1-3H3. The first-order valence-corrected chi connectivity index (χ1v) is 11.9. The second-order valence-electron chi connectivity index (χ2n) is 7.74. The summed E-state index contributed by atoms with van der Waals surface area (Å²) in [5.41, 5.74) is 12.7. The van der Waals surface area contributed by atoms with Gasteiger partial charge in [0.25, 0.3) is 0 Å². The second kappa shape index (κ2) is 8.32. The van der Waals surface area contributed by atoms with Crippen molar-refractivity contribution in [3.8, 4) is 17.0 Å². The second-order valence-corrected chi connectivity index (χ2v) is 9.95. The van der Waals surface area contributed by atoms with E-state index in [4.69, 9.17) is 10.5 Å². The monoisotopic (exact) mass is 437 g/mol. The van der Waals surface area contributed by atoms with Gasteiger partial charge in [0.1, 0.15) is 5.75 Å². The van der Waals surface area contributed by atoms with Crippen molar-refractivity contribution in [2.75, 3.05) is 25.1 Å². The number of aromatic nitrogens is 1. The lowest BCUT2D eigenvalue weighted by molar-refractivity contribution is 0.345. The molecule has 0 saturated carbocycles. The highest BCUT2D eigenvalue weighted by Gasteiger charge is 2.36. The van der Waals surface area contributed by atoms with E-state index in [0.717, 1.165) is 33.5 Å². The number of benzene rings is 2. The van der Waals surface area contributed by atoms with Gasteiger partial charge in [-0.15, -0.1) is 0 Å². The van der Waals surface area contributed by atoms with E-state index in [0.29, 0.717) is 24.4 Å². The summed E-state index contributed by atoms with van der Waals surface area (Å²) in [6.45, 7) is 4.12. The zero-order valence-electron chi connectivity index (χ0n) is 18.0. The van der Waals surface area contributed by atoms with E-state index >= 15 is 0 Å². The maximum Gasteiger partial charge on any atom is 0.214 e. The maximum absolute atomic E-state index is 13.0. The summed E-state index contributed by atoms with van der Waals surface area (Å²) < 4.78 is 32.8. The summed E-state index contributed by atoms with van der Waals surface area (Å²) >= 11 is 0. The summed E-state index contributed by atoms with van der Waals surface area (Å²) in [5, 5.41) is 0. The average molecular weight is 438 g/mol. The molecule has 31 heavy (non-hydrogen) atoms. The highest BCUT2D eigenvalue weighted by atomic mass is 32.2. The molecule has 1 aromatic heterocycles. The molecule has 2 N–H and O–H groups in total. The first-order chi connectivity index (χ1) is 14.9. The zero-order valence-corrected chi connectivity index (χ0v) is 18.8. The highest BCUT2D eigenvalue weighted by Crippen LogP contribution is 2.40. The zero-order chi connectivity index (χ0) is 22.2. The van der Waals surface area contributed by atoms with Crippen molar-refractivity contribution in [3.05, 3.63) is 77.0 Å². The SMILES string of the molecule is CCS(=O)(=O)N1CCc2c(N)cccc2C1c1ccc(C)c(-c2ccc(OC)cn2)c1. The molecule has 2 heterocycles. The van der Waals surface area contributed by atoms with Gasteiger partial charge in [-0.1, -0.05) is 24.3 Å². The Labute approximate surface area is 183 Å². The number of methoxy groups -OCH3 is 1. The average Bonchev–Trinajstić information content (AvgIpc) is 2.79. The number of nitrogens with two attached hydrogens (primary N) is 1. The van der Waals surface area contributed by atoms with Crippen molar-refractivity contribution < 1.29 is 13.2 Å². The van der Waals surface area contributed by atoms with E-state index in [9.17, 15) is 8.42 Å². The molecule has 1 aliphatic heterocycles. The third-order valence-corrected chi connectivity index (χ3v) is 7.80. The predicted octanol–water partition coefficient (Wildman–Crippen LogP) is 3.95.